The highest BCUT2D eigenvalue weighted by molar-refractivity contribution is 5.68. The van der Waals surface area contributed by atoms with Gasteiger partial charge in [-0.2, -0.15) is 0 Å². The highest BCUT2D eigenvalue weighted by Gasteiger charge is 1.89. The number of carbonyl (C=O) groups is 2. The molecule has 0 saturated heterocycles. The lowest BCUT2D eigenvalue weighted by Crippen LogP contribution is -2.21. The first-order valence-corrected chi connectivity index (χ1v) is 6.62. The quantitative estimate of drug-likeness (QED) is 0.364. The molecule has 0 rings (SSSR count). The summed E-state index contributed by atoms with van der Waals surface area (Å²) in [6.45, 7) is 10.5. The Kier molecular flexibility index (Phi) is 41.7. The fraction of sp³-hybridized carbons (Fsp3) is 0.833. The van der Waals surface area contributed by atoms with E-state index in [1.54, 1.807) is 6.92 Å². The van der Waals surface area contributed by atoms with Gasteiger partial charge in [-0.1, -0.05) is 27.7 Å². The summed E-state index contributed by atoms with van der Waals surface area (Å²) in [6, 6.07) is 0. The zero-order valence-electron chi connectivity index (χ0n) is 13.1. The number of likely N-dealkylation sites (N-methyl/N-ethyl adjacent to an activating group) is 1. The number of aliphatic carboxylic acids is 2. The summed E-state index contributed by atoms with van der Waals surface area (Å²) in [5, 5.41) is 21.2. The monoisotopic (exact) mass is 296 g/mol. The van der Waals surface area contributed by atoms with Gasteiger partial charge < -0.3 is 32.3 Å². The van der Waals surface area contributed by atoms with Crippen LogP contribution in [0.1, 0.15) is 34.1 Å². The van der Waals surface area contributed by atoms with E-state index < -0.39 is 11.9 Å². The summed E-state index contributed by atoms with van der Waals surface area (Å²) < 4.78 is 0. The minimum Gasteiger partial charge on any atom is -0.481 e. The van der Waals surface area contributed by atoms with Gasteiger partial charge in [-0.05, 0) is 19.6 Å². The first kappa shape index (κ1) is 27.2. The van der Waals surface area contributed by atoms with Gasteiger partial charge in [-0.15, -0.1) is 0 Å². The maximum absolute atomic E-state index is 9.70. The van der Waals surface area contributed by atoms with Crippen molar-refractivity contribution in [3.8, 4) is 0 Å². The molecule has 0 radical (unpaired) electrons. The van der Waals surface area contributed by atoms with Gasteiger partial charge in [0.1, 0.15) is 0 Å². The Morgan fingerprint density at radius 3 is 1.30 bits per heavy atom. The Morgan fingerprint density at radius 2 is 1.25 bits per heavy atom. The first-order valence-electron chi connectivity index (χ1n) is 6.62. The van der Waals surface area contributed by atoms with Gasteiger partial charge >= 0.3 is 11.9 Å². The molecule has 0 aromatic rings. The molecule has 0 spiro atoms. The van der Waals surface area contributed by atoms with E-state index in [0.717, 1.165) is 13.1 Å². The second-order valence-electron chi connectivity index (χ2n) is 3.14. The topological polar surface area (TPSA) is 151 Å². The van der Waals surface area contributed by atoms with Crippen LogP contribution in [-0.4, -0.2) is 55.0 Å². The molecule has 0 aliphatic carbocycles. The molecule has 124 valence electrons. The van der Waals surface area contributed by atoms with Crippen LogP contribution < -0.4 is 22.1 Å². The Balaban J connectivity index is -0.0000000890. The third-order valence-electron chi connectivity index (χ3n) is 1.22. The molecule has 20 heavy (non-hydrogen) atoms. The molecule has 0 amide bonds. The SMILES string of the molecule is CCC(=O)O.CCN.CCNCC(=O)O.CCNCN. The third kappa shape index (κ3) is 90.9. The summed E-state index contributed by atoms with van der Waals surface area (Å²) in [7, 11) is 0. The smallest absolute Gasteiger partial charge is 0.317 e. The van der Waals surface area contributed by atoms with E-state index in [0.29, 0.717) is 13.2 Å². The maximum Gasteiger partial charge on any atom is 0.317 e. The molecule has 0 unspecified atom stereocenters. The lowest BCUT2D eigenvalue weighted by Gasteiger charge is -1.90. The second-order valence-corrected chi connectivity index (χ2v) is 3.14. The summed E-state index contributed by atoms with van der Waals surface area (Å²) in [5.74, 6) is -1.55. The Hall–Kier alpha value is -1.22. The number of hydrogen-bond donors (Lipinski definition) is 6. The van der Waals surface area contributed by atoms with E-state index in [1.165, 1.54) is 0 Å². The van der Waals surface area contributed by atoms with E-state index >= 15 is 0 Å². The van der Waals surface area contributed by atoms with Gasteiger partial charge in [0.2, 0.25) is 0 Å². The molecule has 0 bridgehead atoms. The molecule has 0 fully saturated rings. The molecule has 0 aromatic heterocycles. The Morgan fingerprint density at radius 1 is 0.900 bits per heavy atom. The fourth-order valence-electron chi connectivity index (χ4n) is 0.376. The Bertz CT molecular complexity index is 190. The molecule has 0 atom stereocenters. The molecular formula is C12H32N4O4. The number of nitrogens with one attached hydrogen (secondary N) is 2. The molecule has 0 heterocycles. The highest BCUT2D eigenvalue weighted by atomic mass is 16.4. The standard InChI is InChI=1S/C4H9NO2.C3H10N2.C3H6O2.C2H7N/c1-2-5-3-4(6)7;1-2-5-3-4;1-2-3(4)5;1-2-3/h5H,2-3H2,1H3,(H,6,7);5H,2-4H2,1H3;2H2,1H3,(H,4,5);2-3H2,1H3. The Labute approximate surface area is 121 Å². The summed E-state index contributed by atoms with van der Waals surface area (Å²) in [5.41, 5.74) is 9.88. The van der Waals surface area contributed by atoms with Crippen LogP contribution in [0.3, 0.4) is 0 Å². The number of rotatable bonds is 6. The first-order chi connectivity index (χ1) is 9.37. The summed E-state index contributed by atoms with van der Waals surface area (Å²) >= 11 is 0. The molecular weight excluding hydrogens is 264 g/mol. The van der Waals surface area contributed by atoms with Crippen LogP contribution in [0.15, 0.2) is 0 Å². The van der Waals surface area contributed by atoms with Gasteiger partial charge in [-0.25, -0.2) is 0 Å². The predicted molar refractivity (Wildman–Crippen MR) is 81.6 cm³/mol. The van der Waals surface area contributed by atoms with E-state index in [4.69, 9.17) is 21.7 Å². The fourth-order valence-corrected chi connectivity index (χ4v) is 0.376. The van der Waals surface area contributed by atoms with Crippen molar-refractivity contribution in [3.63, 3.8) is 0 Å². The predicted octanol–water partition coefficient (Wildman–Crippen LogP) is -0.361. The number of carboxylic acids is 2. The average Bonchev–Trinajstić information content (AvgIpc) is 2.39. The minimum absolute atomic E-state index is 0.0660. The third-order valence-corrected chi connectivity index (χ3v) is 1.22. The summed E-state index contributed by atoms with van der Waals surface area (Å²) in [6.07, 6.45) is 0.222. The highest BCUT2D eigenvalue weighted by Crippen LogP contribution is 1.67. The lowest BCUT2D eigenvalue weighted by molar-refractivity contribution is -0.137. The molecule has 8 heteroatoms. The molecule has 8 N–H and O–H groups in total. The van der Waals surface area contributed by atoms with Crippen LogP contribution in [0.25, 0.3) is 0 Å². The summed E-state index contributed by atoms with van der Waals surface area (Å²) in [4.78, 5) is 19.1. The van der Waals surface area contributed by atoms with Crippen molar-refractivity contribution in [1.29, 1.82) is 0 Å². The van der Waals surface area contributed by atoms with Gasteiger partial charge in [0, 0.05) is 13.1 Å². The van der Waals surface area contributed by atoms with Crippen LogP contribution in [-0.2, 0) is 9.59 Å². The van der Waals surface area contributed by atoms with E-state index in [9.17, 15) is 9.59 Å². The van der Waals surface area contributed by atoms with Gasteiger partial charge in [-0.3, -0.25) is 9.59 Å². The molecule has 8 nitrogen and oxygen atoms in total. The van der Waals surface area contributed by atoms with Crippen LogP contribution in [0, 0.1) is 0 Å². The van der Waals surface area contributed by atoms with Crippen LogP contribution >= 0.6 is 0 Å². The van der Waals surface area contributed by atoms with E-state index in [2.05, 4.69) is 10.6 Å². The normalized spacial score (nSPS) is 7.90. The largest absolute Gasteiger partial charge is 0.481 e. The second kappa shape index (κ2) is 30.7. The van der Waals surface area contributed by atoms with Crippen molar-refractivity contribution in [3.05, 3.63) is 0 Å². The average molecular weight is 296 g/mol. The molecule has 0 aliphatic heterocycles. The van der Waals surface area contributed by atoms with Crippen LogP contribution in [0.5, 0.6) is 0 Å². The van der Waals surface area contributed by atoms with Gasteiger partial charge in [0.05, 0.1) is 6.54 Å². The minimum atomic E-state index is -0.804. The number of carboxylic acid groups (broad SMARTS) is 2. The number of nitrogens with two attached hydrogens (primary N) is 2. The zero-order chi connectivity index (χ0) is 16.8. The van der Waals surface area contributed by atoms with Crippen molar-refractivity contribution in [2.45, 2.75) is 34.1 Å². The van der Waals surface area contributed by atoms with Crippen LogP contribution in [0.4, 0.5) is 0 Å². The lowest BCUT2D eigenvalue weighted by atomic mass is 10.5. The van der Waals surface area contributed by atoms with Crippen molar-refractivity contribution >= 4 is 11.9 Å². The van der Waals surface area contributed by atoms with E-state index in [-0.39, 0.29) is 13.0 Å². The van der Waals surface area contributed by atoms with Crippen molar-refractivity contribution in [2.24, 2.45) is 11.5 Å². The van der Waals surface area contributed by atoms with Crippen molar-refractivity contribution < 1.29 is 19.8 Å². The molecule has 0 aromatic carbocycles. The molecule has 0 saturated carbocycles. The van der Waals surface area contributed by atoms with Gasteiger partial charge in [0.15, 0.2) is 0 Å². The number of hydrogen-bond acceptors (Lipinski definition) is 6. The van der Waals surface area contributed by atoms with E-state index in [1.807, 2.05) is 20.8 Å². The van der Waals surface area contributed by atoms with Crippen LogP contribution in [0.2, 0.25) is 0 Å². The van der Waals surface area contributed by atoms with Gasteiger partial charge in [0.25, 0.3) is 0 Å². The van der Waals surface area contributed by atoms with Crippen molar-refractivity contribution in [1.82, 2.24) is 10.6 Å². The zero-order valence-corrected chi connectivity index (χ0v) is 13.1. The van der Waals surface area contributed by atoms with Crippen molar-refractivity contribution in [2.75, 3.05) is 32.8 Å². The molecule has 0 aliphatic rings. The maximum atomic E-state index is 9.70.